The summed E-state index contributed by atoms with van der Waals surface area (Å²) in [7, 11) is 3.05. The maximum absolute atomic E-state index is 10.2. The van der Waals surface area contributed by atoms with Crippen molar-refractivity contribution in [3.05, 3.63) is 17.8 Å². The minimum absolute atomic E-state index is 0.292. The van der Waals surface area contributed by atoms with Crippen LogP contribution in [-0.4, -0.2) is 25.5 Å². The lowest BCUT2D eigenvalue weighted by molar-refractivity contribution is -0.107. The molecule has 0 aliphatic carbocycles. The quantitative estimate of drug-likeness (QED) is 0.646. The summed E-state index contributed by atoms with van der Waals surface area (Å²) in [6, 6.07) is 3.46. The first-order chi connectivity index (χ1) is 6.31. The number of ether oxygens (including phenoxy) is 2. The monoisotopic (exact) mass is 181 g/mol. The van der Waals surface area contributed by atoms with E-state index in [1.807, 2.05) is 0 Å². The van der Waals surface area contributed by atoms with E-state index in [9.17, 15) is 4.79 Å². The molecule has 0 radical (unpaired) electrons. The van der Waals surface area contributed by atoms with Crippen LogP contribution in [0.1, 0.15) is 5.69 Å². The summed E-state index contributed by atoms with van der Waals surface area (Å²) < 4.78 is 9.96. The Morgan fingerprint density at radius 3 is 2.69 bits per heavy atom. The van der Waals surface area contributed by atoms with Crippen LogP contribution in [0.25, 0.3) is 0 Å². The van der Waals surface area contributed by atoms with Crippen LogP contribution in [0.5, 0.6) is 11.6 Å². The van der Waals surface area contributed by atoms with Crippen LogP contribution in [0.15, 0.2) is 12.1 Å². The first-order valence-electron chi connectivity index (χ1n) is 3.83. The zero-order valence-corrected chi connectivity index (χ0v) is 7.61. The molecule has 70 valence electrons. The molecule has 1 aromatic rings. The summed E-state index contributed by atoms with van der Waals surface area (Å²) in [5.41, 5.74) is 0.674. The second-order valence-corrected chi connectivity index (χ2v) is 2.38. The van der Waals surface area contributed by atoms with E-state index >= 15 is 0 Å². The highest BCUT2D eigenvalue weighted by Crippen LogP contribution is 2.23. The number of carbonyl (C=O) groups is 1. The zero-order valence-electron chi connectivity index (χ0n) is 7.61. The molecule has 0 bridgehead atoms. The van der Waals surface area contributed by atoms with Crippen molar-refractivity contribution in [3.63, 3.8) is 0 Å². The molecule has 1 heterocycles. The molecule has 0 aliphatic heterocycles. The van der Waals surface area contributed by atoms with E-state index in [2.05, 4.69) is 4.98 Å². The van der Waals surface area contributed by atoms with Crippen molar-refractivity contribution in [1.29, 1.82) is 0 Å². The second kappa shape index (κ2) is 4.45. The first kappa shape index (κ1) is 9.51. The van der Waals surface area contributed by atoms with Gasteiger partial charge in [-0.15, -0.1) is 0 Å². The van der Waals surface area contributed by atoms with Gasteiger partial charge in [0.15, 0.2) is 5.75 Å². The molecule has 0 amide bonds. The van der Waals surface area contributed by atoms with Crippen molar-refractivity contribution in [2.45, 2.75) is 6.42 Å². The third-order valence-corrected chi connectivity index (χ3v) is 1.59. The summed E-state index contributed by atoms with van der Waals surface area (Å²) in [6.07, 6.45) is 1.09. The van der Waals surface area contributed by atoms with Crippen LogP contribution in [0.4, 0.5) is 0 Å². The number of methoxy groups -OCH3 is 2. The van der Waals surface area contributed by atoms with Gasteiger partial charge in [-0.25, -0.2) is 4.98 Å². The Morgan fingerprint density at radius 2 is 2.15 bits per heavy atom. The third kappa shape index (κ3) is 2.18. The lowest BCUT2D eigenvalue weighted by atomic mass is 10.3. The van der Waals surface area contributed by atoms with Crippen molar-refractivity contribution < 1.29 is 14.3 Å². The summed E-state index contributed by atoms with van der Waals surface area (Å²) in [5, 5.41) is 0. The number of hydrogen-bond acceptors (Lipinski definition) is 4. The van der Waals surface area contributed by atoms with Crippen molar-refractivity contribution in [3.8, 4) is 11.6 Å². The van der Waals surface area contributed by atoms with E-state index in [4.69, 9.17) is 9.47 Å². The number of nitrogens with zero attached hydrogens (tertiary/aromatic N) is 1. The number of aromatic nitrogens is 1. The smallest absolute Gasteiger partial charge is 0.256 e. The molecule has 0 aromatic carbocycles. The van der Waals surface area contributed by atoms with E-state index in [0.717, 1.165) is 6.29 Å². The largest absolute Gasteiger partial charge is 0.491 e. The van der Waals surface area contributed by atoms with E-state index in [1.165, 1.54) is 7.11 Å². The second-order valence-electron chi connectivity index (χ2n) is 2.38. The van der Waals surface area contributed by atoms with Crippen LogP contribution in [0, 0.1) is 0 Å². The lowest BCUT2D eigenvalue weighted by Crippen LogP contribution is -1.97. The number of pyridine rings is 1. The number of rotatable bonds is 4. The van der Waals surface area contributed by atoms with Crippen molar-refractivity contribution in [2.75, 3.05) is 14.2 Å². The van der Waals surface area contributed by atoms with Crippen LogP contribution in [0.2, 0.25) is 0 Å². The van der Waals surface area contributed by atoms with Gasteiger partial charge in [0.05, 0.1) is 19.9 Å². The number of hydrogen-bond donors (Lipinski definition) is 0. The molecule has 0 unspecified atom stereocenters. The highest BCUT2D eigenvalue weighted by Gasteiger charge is 2.05. The Kier molecular flexibility index (Phi) is 3.25. The first-order valence-corrected chi connectivity index (χ1v) is 3.83. The van der Waals surface area contributed by atoms with E-state index in [0.29, 0.717) is 23.7 Å². The van der Waals surface area contributed by atoms with Crippen molar-refractivity contribution >= 4 is 6.29 Å². The number of aldehydes is 1. The van der Waals surface area contributed by atoms with Gasteiger partial charge in [0.25, 0.3) is 5.88 Å². The van der Waals surface area contributed by atoms with E-state index < -0.39 is 0 Å². The van der Waals surface area contributed by atoms with Crippen LogP contribution >= 0.6 is 0 Å². The summed E-state index contributed by atoms with van der Waals surface area (Å²) in [4.78, 5) is 14.3. The molecule has 0 aliphatic rings. The zero-order chi connectivity index (χ0) is 9.68. The Hall–Kier alpha value is -1.58. The number of carbonyl (C=O) groups excluding carboxylic acids is 1. The molecule has 13 heavy (non-hydrogen) atoms. The molecule has 0 saturated carbocycles. The molecular formula is C9H11NO3. The van der Waals surface area contributed by atoms with Gasteiger partial charge in [-0.3, -0.25) is 0 Å². The van der Waals surface area contributed by atoms with Crippen molar-refractivity contribution in [1.82, 2.24) is 4.98 Å². The van der Waals surface area contributed by atoms with Gasteiger partial charge in [-0.05, 0) is 12.1 Å². The average molecular weight is 181 g/mol. The highest BCUT2D eigenvalue weighted by molar-refractivity contribution is 5.54. The maximum atomic E-state index is 10.2. The molecule has 0 N–H and O–H groups in total. The summed E-state index contributed by atoms with van der Waals surface area (Å²) >= 11 is 0. The van der Waals surface area contributed by atoms with Gasteiger partial charge in [0.1, 0.15) is 6.29 Å². The van der Waals surface area contributed by atoms with Gasteiger partial charge in [-0.1, -0.05) is 0 Å². The predicted molar refractivity (Wildman–Crippen MR) is 47.1 cm³/mol. The van der Waals surface area contributed by atoms with Crippen LogP contribution < -0.4 is 9.47 Å². The van der Waals surface area contributed by atoms with E-state index in [1.54, 1.807) is 19.2 Å². The Balaban J connectivity index is 2.98. The van der Waals surface area contributed by atoms with Crippen molar-refractivity contribution in [2.24, 2.45) is 0 Å². The molecule has 0 spiro atoms. The minimum atomic E-state index is 0.292. The highest BCUT2D eigenvalue weighted by atomic mass is 16.5. The Bertz CT molecular complexity index is 299. The molecule has 1 aromatic heterocycles. The lowest BCUT2D eigenvalue weighted by Gasteiger charge is -2.06. The molecule has 1 rings (SSSR count). The van der Waals surface area contributed by atoms with Gasteiger partial charge < -0.3 is 14.3 Å². The van der Waals surface area contributed by atoms with Gasteiger partial charge >= 0.3 is 0 Å². The molecule has 0 fully saturated rings. The molecule has 0 saturated heterocycles. The molecular weight excluding hydrogens is 170 g/mol. The summed E-state index contributed by atoms with van der Waals surface area (Å²) in [5.74, 6) is 0.971. The van der Waals surface area contributed by atoms with Crippen LogP contribution in [-0.2, 0) is 11.2 Å². The topological polar surface area (TPSA) is 48.4 Å². The molecule has 4 nitrogen and oxygen atoms in total. The third-order valence-electron chi connectivity index (χ3n) is 1.59. The fourth-order valence-corrected chi connectivity index (χ4v) is 0.967. The van der Waals surface area contributed by atoms with Crippen LogP contribution in [0.3, 0.4) is 0 Å². The fraction of sp³-hybridized carbons (Fsp3) is 0.333. The Morgan fingerprint density at radius 1 is 1.38 bits per heavy atom. The molecule has 0 atom stereocenters. The average Bonchev–Trinajstić information content (AvgIpc) is 2.18. The Labute approximate surface area is 76.5 Å². The standard InChI is InChI=1S/C9H11NO3/c1-12-8-4-3-7(5-6-11)10-9(8)13-2/h3-4,6H,5H2,1-2H3. The maximum Gasteiger partial charge on any atom is 0.256 e. The van der Waals surface area contributed by atoms with E-state index in [-0.39, 0.29) is 0 Å². The normalized spacial score (nSPS) is 9.38. The minimum Gasteiger partial charge on any atom is -0.491 e. The SMILES string of the molecule is COc1ccc(CC=O)nc1OC. The molecule has 4 heteroatoms. The van der Waals surface area contributed by atoms with Gasteiger partial charge in [0, 0.05) is 6.42 Å². The van der Waals surface area contributed by atoms with Gasteiger partial charge in [0.2, 0.25) is 0 Å². The van der Waals surface area contributed by atoms with Gasteiger partial charge in [-0.2, -0.15) is 0 Å². The summed E-state index contributed by atoms with van der Waals surface area (Å²) in [6.45, 7) is 0. The predicted octanol–water partition coefficient (Wildman–Crippen LogP) is 0.840. The fourth-order valence-electron chi connectivity index (χ4n) is 0.967.